The average molecular weight is 281 g/mol. The van der Waals surface area contributed by atoms with E-state index in [0.717, 1.165) is 29.6 Å². The number of rotatable bonds is 3. The number of aromatic nitrogens is 1. The lowest BCUT2D eigenvalue weighted by molar-refractivity contribution is -0.139. The molecule has 20 heavy (non-hydrogen) atoms. The van der Waals surface area contributed by atoms with Crippen LogP contribution in [0.5, 0.6) is 0 Å². The number of hydrogen-bond acceptors (Lipinski definition) is 2. The minimum absolute atomic E-state index is 0.121. The van der Waals surface area contributed by atoms with Crippen LogP contribution in [0.1, 0.15) is 28.4 Å². The first-order chi connectivity index (χ1) is 9.38. The molecule has 0 spiro atoms. The molecule has 0 aliphatic rings. The first kappa shape index (κ1) is 14.5. The predicted octanol–water partition coefficient (Wildman–Crippen LogP) is 3.68. The van der Waals surface area contributed by atoms with Crippen LogP contribution < -0.4 is 0 Å². The van der Waals surface area contributed by atoms with E-state index in [1.807, 2.05) is 25.1 Å². The number of pyridine rings is 1. The number of nitrogens with zero attached hydrogens (tertiary/aromatic N) is 1. The fraction of sp³-hybridized carbons (Fsp3) is 0.267. The topological polar surface area (TPSA) is 33.1 Å². The summed E-state index contributed by atoms with van der Waals surface area (Å²) in [5, 5.41) is 10.1. The standard InChI is InChI=1S/C15H14F3NO/c1-10-3-2-4-11(7-10)8-14(20)12-9-19-6-5-13(12)15(16,17)18/h2-7,9,14,20H,8H2,1H3. The summed E-state index contributed by atoms with van der Waals surface area (Å²) in [6.07, 6.45) is -3.46. The highest BCUT2D eigenvalue weighted by Gasteiger charge is 2.34. The Morgan fingerprint density at radius 2 is 2.00 bits per heavy atom. The van der Waals surface area contributed by atoms with Gasteiger partial charge in [0.2, 0.25) is 0 Å². The van der Waals surface area contributed by atoms with Gasteiger partial charge in [-0.15, -0.1) is 0 Å². The molecule has 2 aromatic rings. The zero-order chi connectivity index (χ0) is 14.8. The molecule has 0 saturated carbocycles. The van der Waals surface area contributed by atoms with E-state index in [1.54, 1.807) is 6.07 Å². The zero-order valence-corrected chi connectivity index (χ0v) is 10.9. The fourth-order valence-corrected chi connectivity index (χ4v) is 2.10. The normalized spacial score (nSPS) is 13.2. The van der Waals surface area contributed by atoms with Gasteiger partial charge < -0.3 is 5.11 Å². The molecule has 1 aromatic heterocycles. The SMILES string of the molecule is Cc1cccc(CC(O)c2cnccc2C(F)(F)F)c1. The second kappa shape index (κ2) is 5.63. The molecule has 1 N–H and O–H groups in total. The lowest BCUT2D eigenvalue weighted by Gasteiger charge is -2.17. The van der Waals surface area contributed by atoms with Gasteiger partial charge in [0.25, 0.3) is 0 Å². The van der Waals surface area contributed by atoms with Gasteiger partial charge in [-0.3, -0.25) is 4.98 Å². The second-order valence-electron chi connectivity index (χ2n) is 4.67. The van der Waals surface area contributed by atoms with Gasteiger partial charge in [-0.25, -0.2) is 0 Å². The van der Waals surface area contributed by atoms with Crippen LogP contribution in [0, 0.1) is 6.92 Å². The Labute approximate surface area is 114 Å². The summed E-state index contributed by atoms with van der Waals surface area (Å²) in [6, 6.07) is 8.20. The van der Waals surface area contributed by atoms with Crippen molar-refractivity contribution in [2.24, 2.45) is 0 Å². The lowest BCUT2D eigenvalue weighted by atomic mass is 9.98. The third-order valence-electron chi connectivity index (χ3n) is 3.03. The summed E-state index contributed by atoms with van der Waals surface area (Å²) >= 11 is 0. The Morgan fingerprint density at radius 3 is 2.65 bits per heavy atom. The van der Waals surface area contributed by atoms with Crippen molar-refractivity contribution < 1.29 is 18.3 Å². The Morgan fingerprint density at radius 1 is 1.25 bits per heavy atom. The van der Waals surface area contributed by atoms with Crippen LogP contribution in [-0.2, 0) is 12.6 Å². The van der Waals surface area contributed by atoms with E-state index in [9.17, 15) is 18.3 Å². The molecule has 0 radical (unpaired) electrons. The van der Waals surface area contributed by atoms with Crippen LogP contribution in [0.2, 0.25) is 0 Å². The van der Waals surface area contributed by atoms with Crippen LogP contribution in [0.25, 0.3) is 0 Å². The summed E-state index contributed by atoms with van der Waals surface area (Å²) in [5.74, 6) is 0. The van der Waals surface area contributed by atoms with E-state index in [1.165, 1.54) is 0 Å². The van der Waals surface area contributed by atoms with E-state index in [2.05, 4.69) is 4.98 Å². The molecular weight excluding hydrogens is 267 g/mol. The Balaban J connectivity index is 2.28. The Kier molecular flexibility index (Phi) is 4.09. The van der Waals surface area contributed by atoms with Crippen molar-refractivity contribution in [1.82, 2.24) is 4.98 Å². The van der Waals surface area contributed by atoms with Crippen LogP contribution in [0.15, 0.2) is 42.7 Å². The second-order valence-corrected chi connectivity index (χ2v) is 4.67. The van der Waals surface area contributed by atoms with Crippen LogP contribution in [0.4, 0.5) is 13.2 Å². The maximum atomic E-state index is 12.9. The molecule has 0 aliphatic heterocycles. The van der Waals surface area contributed by atoms with Crippen molar-refractivity contribution in [2.45, 2.75) is 25.6 Å². The van der Waals surface area contributed by atoms with Crippen molar-refractivity contribution in [2.75, 3.05) is 0 Å². The van der Waals surface area contributed by atoms with Gasteiger partial charge in [0.05, 0.1) is 11.7 Å². The van der Waals surface area contributed by atoms with E-state index in [0.29, 0.717) is 0 Å². The third-order valence-corrected chi connectivity index (χ3v) is 3.03. The van der Waals surface area contributed by atoms with Crippen molar-refractivity contribution in [3.05, 3.63) is 65.0 Å². The third kappa shape index (κ3) is 3.36. The van der Waals surface area contributed by atoms with E-state index < -0.39 is 17.8 Å². The van der Waals surface area contributed by atoms with E-state index in [-0.39, 0.29) is 12.0 Å². The van der Waals surface area contributed by atoms with Crippen LogP contribution >= 0.6 is 0 Å². The molecule has 0 bridgehead atoms. The number of alkyl halides is 3. The maximum Gasteiger partial charge on any atom is 0.416 e. The zero-order valence-electron chi connectivity index (χ0n) is 10.9. The number of aryl methyl sites for hydroxylation is 1. The number of hydrogen-bond donors (Lipinski definition) is 1. The average Bonchev–Trinajstić information content (AvgIpc) is 2.37. The number of aliphatic hydroxyl groups excluding tert-OH is 1. The summed E-state index contributed by atoms with van der Waals surface area (Å²) < 4.78 is 38.6. The monoisotopic (exact) mass is 281 g/mol. The summed E-state index contributed by atoms with van der Waals surface area (Å²) in [6.45, 7) is 1.89. The van der Waals surface area contributed by atoms with Gasteiger partial charge in [-0.2, -0.15) is 13.2 Å². The summed E-state index contributed by atoms with van der Waals surface area (Å²) in [7, 11) is 0. The van der Waals surface area contributed by atoms with Gasteiger partial charge in [0, 0.05) is 24.4 Å². The van der Waals surface area contributed by atoms with Crippen molar-refractivity contribution in [3.8, 4) is 0 Å². The predicted molar refractivity (Wildman–Crippen MR) is 69.1 cm³/mol. The van der Waals surface area contributed by atoms with Gasteiger partial charge in [0.15, 0.2) is 0 Å². The van der Waals surface area contributed by atoms with E-state index >= 15 is 0 Å². The molecule has 1 atom stereocenters. The lowest BCUT2D eigenvalue weighted by Crippen LogP contribution is -2.13. The molecule has 0 amide bonds. The van der Waals surface area contributed by atoms with Crippen LogP contribution in [0.3, 0.4) is 0 Å². The quantitative estimate of drug-likeness (QED) is 0.930. The highest BCUT2D eigenvalue weighted by atomic mass is 19.4. The highest BCUT2D eigenvalue weighted by molar-refractivity contribution is 5.31. The first-order valence-electron chi connectivity index (χ1n) is 6.12. The van der Waals surface area contributed by atoms with Gasteiger partial charge in [0.1, 0.15) is 0 Å². The Bertz CT molecular complexity index is 596. The maximum absolute atomic E-state index is 12.9. The number of halogens is 3. The van der Waals surface area contributed by atoms with Gasteiger partial charge >= 0.3 is 6.18 Å². The molecule has 0 aliphatic carbocycles. The Hall–Kier alpha value is -1.88. The molecule has 2 rings (SSSR count). The minimum atomic E-state index is -4.49. The highest BCUT2D eigenvalue weighted by Crippen LogP contribution is 2.34. The molecule has 106 valence electrons. The summed E-state index contributed by atoms with van der Waals surface area (Å²) in [4.78, 5) is 3.68. The molecule has 0 fully saturated rings. The van der Waals surface area contributed by atoms with Crippen molar-refractivity contribution in [1.29, 1.82) is 0 Å². The molecule has 5 heteroatoms. The number of benzene rings is 1. The molecular formula is C15H14F3NO. The van der Waals surface area contributed by atoms with Crippen molar-refractivity contribution >= 4 is 0 Å². The fourth-order valence-electron chi connectivity index (χ4n) is 2.10. The minimum Gasteiger partial charge on any atom is -0.388 e. The molecule has 1 heterocycles. The van der Waals surface area contributed by atoms with Crippen LogP contribution in [-0.4, -0.2) is 10.1 Å². The molecule has 1 aromatic carbocycles. The molecule has 2 nitrogen and oxygen atoms in total. The summed E-state index contributed by atoms with van der Waals surface area (Å²) in [5.41, 5.74) is 0.751. The smallest absolute Gasteiger partial charge is 0.388 e. The number of aliphatic hydroxyl groups is 1. The molecule has 0 saturated heterocycles. The largest absolute Gasteiger partial charge is 0.416 e. The van der Waals surface area contributed by atoms with Crippen molar-refractivity contribution in [3.63, 3.8) is 0 Å². The first-order valence-corrected chi connectivity index (χ1v) is 6.12. The van der Waals surface area contributed by atoms with Gasteiger partial charge in [-0.05, 0) is 18.6 Å². The van der Waals surface area contributed by atoms with Gasteiger partial charge in [-0.1, -0.05) is 29.8 Å². The molecule has 1 unspecified atom stereocenters. The van der Waals surface area contributed by atoms with E-state index in [4.69, 9.17) is 0 Å².